The Bertz CT molecular complexity index is 852. The van der Waals surface area contributed by atoms with Crippen LogP contribution in [0.1, 0.15) is 11.1 Å². The lowest BCUT2D eigenvalue weighted by atomic mass is 10.1. The van der Waals surface area contributed by atoms with Crippen LogP contribution in [0.4, 0.5) is 15.8 Å². The molecule has 2 rings (SSSR count). The van der Waals surface area contributed by atoms with Crippen LogP contribution >= 0.6 is 11.6 Å². The van der Waals surface area contributed by atoms with Crippen LogP contribution in [0.15, 0.2) is 36.4 Å². The van der Waals surface area contributed by atoms with Crippen molar-refractivity contribution in [1.82, 2.24) is 0 Å². The number of anilines is 1. The van der Waals surface area contributed by atoms with Crippen LogP contribution in [0.25, 0.3) is 0 Å². The molecule has 0 spiro atoms. The summed E-state index contributed by atoms with van der Waals surface area (Å²) in [5.74, 6) is -2.27. The van der Waals surface area contributed by atoms with E-state index in [2.05, 4.69) is 5.32 Å². The Balaban J connectivity index is 1.95. The minimum Gasteiger partial charge on any atom is -0.455 e. The molecule has 0 fully saturated rings. The minimum atomic E-state index is -0.856. The molecule has 0 unspecified atom stereocenters. The number of amides is 1. The van der Waals surface area contributed by atoms with Gasteiger partial charge in [0.25, 0.3) is 11.6 Å². The Morgan fingerprint density at radius 3 is 2.69 bits per heavy atom. The molecule has 0 bridgehead atoms. The van der Waals surface area contributed by atoms with Crippen molar-refractivity contribution in [2.24, 2.45) is 0 Å². The number of hydrogen-bond donors (Lipinski definition) is 1. The van der Waals surface area contributed by atoms with E-state index >= 15 is 0 Å². The van der Waals surface area contributed by atoms with Crippen LogP contribution in [-0.4, -0.2) is 23.4 Å². The fourth-order valence-electron chi connectivity index (χ4n) is 2.13. The van der Waals surface area contributed by atoms with Gasteiger partial charge in [0.1, 0.15) is 11.5 Å². The van der Waals surface area contributed by atoms with Gasteiger partial charge in [0.2, 0.25) is 0 Å². The third-order valence-electron chi connectivity index (χ3n) is 3.37. The Labute approximate surface area is 152 Å². The second kappa shape index (κ2) is 8.39. The molecule has 0 aliphatic rings. The second-order valence-electron chi connectivity index (χ2n) is 5.36. The van der Waals surface area contributed by atoms with Crippen LogP contribution in [0, 0.1) is 22.9 Å². The first kappa shape index (κ1) is 19.3. The molecule has 0 heterocycles. The molecule has 26 heavy (non-hydrogen) atoms. The van der Waals surface area contributed by atoms with Gasteiger partial charge in [-0.1, -0.05) is 23.7 Å². The normalized spacial score (nSPS) is 10.3. The molecule has 0 radical (unpaired) electrons. The molecular formula is C17H14ClFN2O5. The van der Waals surface area contributed by atoms with Gasteiger partial charge in [-0.2, -0.15) is 0 Å². The number of nitro benzene ring substituents is 1. The number of nitrogens with one attached hydrogen (secondary N) is 1. The summed E-state index contributed by atoms with van der Waals surface area (Å²) in [5, 5.41) is 13.4. The van der Waals surface area contributed by atoms with E-state index in [0.717, 1.165) is 6.07 Å². The van der Waals surface area contributed by atoms with Gasteiger partial charge in [-0.05, 0) is 30.7 Å². The lowest BCUT2D eigenvalue weighted by molar-refractivity contribution is -0.384. The first-order chi connectivity index (χ1) is 12.3. The molecule has 9 heteroatoms. The summed E-state index contributed by atoms with van der Waals surface area (Å²) in [5.41, 5.74) is 0.332. The third-order valence-corrected chi connectivity index (χ3v) is 3.73. The fourth-order valence-corrected chi connectivity index (χ4v) is 2.36. The monoisotopic (exact) mass is 380 g/mol. The van der Waals surface area contributed by atoms with E-state index in [1.165, 1.54) is 24.3 Å². The standard InChI is InChI=1S/C17H14ClFN2O5/c1-10-5-6-14(15(7-10)21(24)25)20-16(22)9-26-17(23)8-11-12(18)3-2-4-13(11)19/h2-7H,8-9H2,1H3,(H,20,22). The summed E-state index contributed by atoms with van der Waals surface area (Å²) in [4.78, 5) is 34.0. The van der Waals surface area contributed by atoms with Gasteiger partial charge in [-0.15, -0.1) is 0 Å². The predicted octanol–water partition coefficient (Wildman–Crippen LogP) is 3.42. The van der Waals surface area contributed by atoms with Gasteiger partial charge in [-0.3, -0.25) is 19.7 Å². The second-order valence-corrected chi connectivity index (χ2v) is 5.77. The maximum Gasteiger partial charge on any atom is 0.310 e. The van der Waals surface area contributed by atoms with Crippen molar-refractivity contribution in [3.8, 4) is 0 Å². The highest BCUT2D eigenvalue weighted by Gasteiger charge is 2.18. The summed E-state index contributed by atoms with van der Waals surface area (Å²) in [7, 11) is 0. The first-order valence-electron chi connectivity index (χ1n) is 7.41. The smallest absolute Gasteiger partial charge is 0.310 e. The van der Waals surface area contributed by atoms with Crippen LogP contribution in [0.3, 0.4) is 0 Å². The topological polar surface area (TPSA) is 98.5 Å². The number of aryl methyl sites for hydroxylation is 1. The van der Waals surface area contributed by atoms with Crippen molar-refractivity contribution in [3.63, 3.8) is 0 Å². The molecule has 0 saturated heterocycles. The van der Waals surface area contributed by atoms with Crippen LogP contribution in [-0.2, 0) is 20.7 Å². The highest BCUT2D eigenvalue weighted by Crippen LogP contribution is 2.25. The number of halogens is 2. The van der Waals surface area contributed by atoms with E-state index in [4.69, 9.17) is 16.3 Å². The van der Waals surface area contributed by atoms with Gasteiger partial charge in [0.15, 0.2) is 6.61 Å². The zero-order chi connectivity index (χ0) is 19.3. The van der Waals surface area contributed by atoms with E-state index in [0.29, 0.717) is 5.56 Å². The predicted molar refractivity (Wildman–Crippen MR) is 92.5 cm³/mol. The van der Waals surface area contributed by atoms with Gasteiger partial charge >= 0.3 is 5.97 Å². The zero-order valence-electron chi connectivity index (χ0n) is 13.6. The number of esters is 1. The molecule has 2 aromatic carbocycles. The number of carbonyl (C=O) groups excluding carboxylic acids is 2. The molecule has 0 aliphatic carbocycles. The van der Waals surface area contributed by atoms with E-state index in [1.807, 2.05) is 0 Å². The fraction of sp³-hybridized carbons (Fsp3) is 0.176. The quantitative estimate of drug-likeness (QED) is 0.470. The summed E-state index contributed by atoms with van der Waals surface area (Å²) < 4.78 is 18.4. The highest BCUT2D eigenvalue weighted by molar-refractivity contribution is 6.31. The first-order valence-corrected chi connectivity index (χ1v) is 7.79. The SMILES string of the molecule is Cc1ccc(NC(=O)COC(=O)Cc2c(F)cccc2Cl)c([N+](=O)[O-])c1. The summed E-state index contributed by atoms with van der Waals surface area (Å²) in [6, 6.07) is 8.26. The number of nitrogens with zero attached hydrogens (tertiary/aromatic N) is 1. The number of rotatable bonds is 6. The third kappa shape index (κ3) is 5.00. The molecule has 1 amide bonds. The zero-order valence-corrected chi connectivity index (χ0v) is 14.4. The maximum absolute atomic E-state index is 13.6. The number of benzene rings is 2. The van der Waals surface area contributed by atoms with Crippen molar-refractivity contribution >= 4 is 34.9 Å². The molecule has 7 nitrogen and oxygen atoms in total. The minimum absolute atomic E-state index is 0.0150. The average molecular weight is 381 g/mol. The molecule has 136 valence electrons. The van der Waals surface area contributed by atoms with Crippen molar-refractivity contribution in [3.05, 3.63) is 68.5 Å². The molecular weight excluding hydrogens is 367 g/mol. The number of nitro groups is 1. The average Bonchev–Trinajstić information content (AvgIpc) is 2.58. The van der Waals surface area contributed by atoms with Crippen molar-refractivity contribution < 1.29 is 23.6 Å². The van der Waals surface area contributed by atoms with Gasteiger partial charge in [-0.25, -0.2) is 4.39 Å². The van der Waals surface area contributed by atoms with E-state index in [1.54, 1.807) is 13.0 Å². The van der Waals surface area contributed by atoms with Gasteiger partial charge < -0.3 is 10.1 Å². The Hall–Kier alpha value is -3.00. The van der Waals surface area contributed by atoms with Crippen LogP contribution in [0.2, 0.25) is 5.02 Å². The van der Waals surface area contributed by atoms with Crippen molar-refractivity contribution in [2.45, 2.75) is 13.3 Å². The van der Waals surface area contributed by atoms with Crippen LogP contribution in [0.5, 0.6) is 0 Å². The van der Waals surface area contributed by atoms with Crippen molar-refractivity contribution in [1.29, 1.82) is 0 Å². The summed E-state index contributed by atoms with van der Waals surface area (Å²) in [6.07, 6.45) is -0.441. The van der Waals surface area contributed by atoms with Crippen LogP contribution < -0.4 is 5.32 Å². The molecule has 2 aromatic rings. The summed E-state index contributed by atoms with van der Waals surface area (Å²) in [6.45, 7) is 1.00. The molecule has 0 aromatic heterocycles. The van der Waals surface area contributed by atoms with E-state index in [9.17, 15) is 24.1 Å². The van der Waals surface area contributed by atoms with Gasteiger partial charge in [0, 0.05) is 16.7 Å². The van der Waals surface area contributed by atoms with Gasteiger partial charge in [0.05, 0.1) is 11.3 Å². The number of carbonyl (C=O) groups is 2. The summed E-state index contributed by atoms with van der Waals surface area (Å²) >= 11 is 5.81. The largest absolute Gasteiger partial charge is 0.455 e. The molecule has 0 saturated carbocycles. The van der Waals surface area contributed by atoms with E-state index in [-0.39, 0.29) is 22.0 Å². The van der Waals surface area contributed by atoms with Crippen molar-refractivity contribution in [2.75, 3.05) is 11.9 Å². The Kier molecular flexibility index (Phi) is 6.24. The highest BCUT2D eigenvalue weighted by atomic mass is 35.5. The Morgan fingerprint density at radius 1 is 1.31 bits per heavy atom. The molecule has 1 N–H and O–H groups in total. The number of ether oxygens (including phenoxy) is 1. The number of hydrogen-bond acceptors (Lipinski definition) is 5. The lowest BCUT2D eigenvalue weighted by Crippen LogP contribution is -2.22. The van der Waals surface area contributed by atoms with E-state index < -0.39 is 35.6 Å². The molecule has 0 aliphatic heterocycles. The molecule has 0 atom stereocenters. The lowest BCUT2D eigenvalue weighted by Gasteiger charge is -2.08. The Morgan fingerprint density at radius 2 is 2.04 bits per heavy atom. The maximum atomic E-state index is 13.6.